The molecule has 0 saturated carbocycles. The number of carbonyl (C=O) groups excluding carboxylic acids is 1. The van der Waals surface area contributed by atoms with Crippen molar-refractivity contribution < 1.29 is 4.79 Å². The van der Waals surface area contributed by atoms with Crippen LogP contribution in [-0.2, 0) is 4.79 Å². The standard InChI is InChI=1S/C13H14BrN3O/c1-9-8-17(11-4-2-3-10(14)7-11)13(18)12(16-9)5-6-15/h2-4,7,9,12,16H,5,8H2,1H3. The molecule has 1 aromatic rings. The Morgan fingerprint density at radius 1 is 1.61 bits per heavy atom. The highest BCUT2D eigenvalue weighted by atomic mass is 79.9. The van der Waals surface area contributed by atoms with Gasteiger partial charge in [-0.25, -0.2) is 0 Å². The van der Waals surface area contributed by atoms with Gasteiger partial charge >= 0.3 is 0 Å². The fourth-order valence-electron chi connectivity index (χ4n) is 2.13. The zero-order valence-electron chi connectivity index (χ0n) is 10.1. The molecular formula is C13H14BrN3O. The first-order valence-electron chi connectivity index (χ1n) is 5.81. The fraction of sp³-hybridized carbons (Fsp3) is 0.385. The summed E-state index contributed by atoms with van der Waals surface area (Å²) >= 11 is 3.40. The lowest BCUT2D eigenvalue weighted by atomic mass is 10.1. The van der Waals surface area contributed by atoms with Crippen LogP contribution in [0.2, 0.25) is 0 Å². The molecule has 2 atom stereocenters. The molecule has 1 aromatic carbocycles. The molecule has 1 amide bonds. The van der Waals surface area contributed by atoms with Crippen LogP contribution in [0.15, 0.2) is 28.7 Å². The topological polar surface area (TPSA) is 56.1 Å². The number of piperazine rings is 1. The van der Waals surface area contributed by atoms with Crippen LogP contribution in [0.1, 0.15) is 13.3 Å². The number of carbonyl (C=O) groups is 1. The molecule has 5 heteroatoms. The Labute approximate surface area is 115 Å². The van der Waals surface area contributed by atoms with E-state index in [4.69, 9.17) is 5.26 Å². The maximum Gasteiger partial charge on any atom is 0.245 e. The summed E-state index contributed by atoms with van der Waals surface area (Å²) in [4.78, 5) is 14.0. The number of nitriles is 1. The van der Waals surface area contributed by atoms with E-state index < -0.39 is 6.04 Å². The van der Waals surface area contributed by atoms with Crippen LogP contribution < -0.4 is 10.2 Å². The highest BCUT2D eigenvalue weighted by Crippen LogP contribution is 2.23. The largest absolute Gasteiger partial charge is 0.309 e. The molecule has 18 heavy (non-hydrogen) atoms. The molecule has 94 valence electrons. The smallest absolute Gasteiger partial charge is 0.245 e. The number of anilines is 1. The van der Waals surface area contributed by atoms with Gasteiger partial charge in [0.1, 0.15) is 6.04 Å². The summed E-state index contributed by atoms with van der Waals surface area (Å²) in [7, 11) is 0. The summed E-state index contributed by atoms with van der Waals surface area (Å²) in [5, 5.41) is 11.9. The van der Waals surface area contributed by atoms with Gasteiger partial charge in [-0.2, -0.15) is 5.26 Å². The van der Waals surface area contributed by atoms with Gasteiger partial charge in [0.05, 0.1) is 12.5 Å². The molecule has 1 N–H and O–H groups in total. The highest BCUT2D eigenvalue weighted by Gasteiger charge is 2.32. The van der Waals surface area contributed by atoms with E-state index in [1.807, 2.05) is 31.2 Å². The fourth-order valence-corrected chi connectivity index (χ4v) is 2.52. The van der Waals surface area contributed by atoms with Crippen molar-refractivity contribution in [2.75, 3.05) is 11.4 Å². The lowest BCUT2D eigenvalue weighted by molar-refractivity contribution is -0.122. The molecule has 1 aliphatic rings. The van der Waals surface area contributed by atoms with Crippen molar-refractivity contribution in [3.63, 3.8) is 0 Å². The van der Waals surface area contributed by atoms with Crippen molar-refractivity contribution in [3.8, 4) is 6.07 Å². The number of nitrogens with one attached hydrogen (secondary N) is 1. The minimum absolute atomic E-state index is 0.0345. The van der Waals surface area contributed by atoms with Crippen LogP contribution in [0.5, 0.6) is 0 Å². The number of benzene rings is 1. The summed E-state index contributed by atoms with van der Waals surface area (Å²) in [5.41, 5.74) is 0.866. The van der Waals surface area contributed by atoms with Crippen LogP contribution in [0.4, 0.5) is 5.69 Å². The van der Waals surface area contributed by atoms with Gasteiger partial charge < -0.3 is 10.2 Å². The molecule has 0 radical (unpaired) electrons. The predicted molar refractivity (Wildman–Crippen MR) is 73.1 cm³/mol. The lowest BCUT2D eigenvalue weighted by Crippen LogP contribution is -2.59. The monoisotopic (exact) mass is 307 g/mol. The van der Waals surface area contributed by atoms with E-state index in [0.717, 1.165) is 10.2 Å². The summed E-state index contributed by atoms with van der Waals surface area (Å²) in [6, 6.07) is 9.48. The van der Waals surface area contributed by atoms with Gasteiger partial charge in [-0.3, -0.25) is 4.79 Å². The lowest BCUT2D eigenvalue weighted by Gasteiger charge is -2.36. The van der Waals surface area contributed by atoms with Crippen LogP contribution >= 0.6 is 15.9 Å². The Balaban J connectivity index is 2.26. The number of nitrogens with zero attached hydrogens (tertiary/aromatic N) is 2. The van der Waals surface area contributed by atoms with E-state index in [0.29, 0.717) is 6.54 Å². The van der Waals surface area contributed by atoms with E-state index in [9.17, 15) is 4.79 Å². The van der Waals surface area contributed by atoms with Crippen molar-refractivity contribution in [3.05, 3.63) is 28.7 Å². The quantitative estimate of drug-likeness (QED) is 0.910. The summed E-state index contributed by atoms with van der Waals surface area (Å²) in [5.74, 6) is -0.0345. The molecule has 0 spiro atoms. The minimum atomic E-state index is -0.405. The second-order valence-electron chi connectivity index (χ2n) is 4.41. The summed E-state index contributed by atoms with van der Waals surface area (Å²) in [6.07, 6.45) is 0.202. The van der Waals surface area contributed by atoms with Gasteiger partial charge in [-0.05, 0) is 25.1 Å². The summed E-state index contributed by atoms with van der Waals surface area (Å²) in [6.45, 7) is 2.64. The van der Waals surface area contributed by atoms with E-state index in [1.165, 1.54) is 0 Å². The Morgan fingerprint density at radius 2 is 2.39 bits per heavy atom. The van der Waals surface area contributed by atoms with Crippen molar-refractivity contribution in [1.82, 2.24) is 5.32 Å². The van der Waals surface area contributed by atoms with Crippen LogP contribution in [-0.4, -0.2) is 24.5 Å². The van der Waals surface area contributed by atoms with Crippen molar-refractivity contribution in [2.24, 2.45) is 0 Å². The highest BCUT2D eigenvalue weighted by molar-refractivity contribution is 9.10. The number of rotatable bonds is 2. The molecule has 4 nitrogen and oxygen atoms in total. The first-order valence-corrected chi connectivity index (χ1v) is 6.61. The predicted octanol–water partition coefficient (Wildman–Crippen LogP) is 2.06. The van der Waals surface area contributed by atoms with Crippen LogP contribution in [0.3, 0.4) is 0 Å². The maximum absolute atomic E-state index is 12.3. The number of halogens is 1. The zero-order valence-corrected chi connectivity index (χ0v) is 11.6. The number of hydrogen-bond donors (Lipinski definition) is 1. The average Bonchev–Trinajstić information content (AvgIpc) is 2.33. The van der Waals surface area contributed by atoms with Crippen molar-refractivity contribution in [1.29, 1.82) is 5.26 Å². The van der Waals surface area contributed by atoms with Gasteiger partial charge in [0.2, 0.25) is 5.91 Å². The Hall–Kier alpha value is -1.38. The molecule has 0 aliphatic carbocycles. The van der Waals surface area contributed by atoms with Gasteiger partial charge in [0.25, 0.3) is 0 Å². The molecule has 1 aliphatic heterocycles. The Kier molecular flexibility index (Phi) is 4.00. The van der Waals surface area contributed by atoms with Gasteiger partial charge in [-0.15, -0.1) is 0 Å². The molecule has 0 aromatic heterocycles. The first kappa shape index (κ1) is 13.1. The third-order valence-electron chi connectivity index (χ3n) is 2.92. The van der Waals surface area contributed by atoms with E-state index >= 15 is 0 Å². The molecule has 1 saturated heterocycles. The second kappa shape index (κ2) is 5.51. The average molecular weight is 308 g/mol. The van der Waals surface area contributed by atoms with Gasteiger partial charge in [-0.1, -0.05) is 22.0 Å². The minimum Gasteiger partial charge on any atom is -0.309 e. The molecule has 2 unspecified atom stereocenters. The normalized spacial score (nSPS) is 23.8. The number of hydrogen-bond acceptors (Lipinski definition) is 3. The molecular weight excluding hydrogens is 294 g/mol. The SMILES string of the molecule is CC1CN(c2cccc(Br)c2)C(=O)C(CC#N)N1. The third kappa shape index (κ3) is 2.71. The van der Waals surface area contributed by atoms with Crippen molar-refractivity contribution >= 4 is 27.5 Å². The Bertz CT molecular complexity index is 497. The second-order valence-corrected chi connectivity index (χ2v) is 5.33. The third-order valence-corrected chi connectivity index (χ3v) is 3.41. The van der Waals surface area contributed by atoms with Crippen LogP contribution in [0, 0.1) is 11.3 Å². The van der Waals surface area contributed by atoms with E-state index in [1.54, 1.807) is 4.90 Å². The first-order chi connectivity index (χ1) is 8.61. The number of amides is 1. The molecule has 2 rings (SSSR count). The molecule has 0 bridgehead atoms. The van der Waals surface area contributed by atoms with Crippen molar-refractivity contribution in [2.45, 2.75) is 25.4 Å². The van der Waals surface area contributed by atoms with Gasteiger partial charge in [0, 0.05) is 22.7 Å². The molecule has 1 fully saturated rings. The van der Waals surface area contributed by atoms with Gasteiger partial charge in [0.15, 0.2) is 0 Å². The summed E-state index contributed by atoms with van der Waals surface area (Å²) < 4.78 is 0.941. The van der Waals surface area contributed by atoms with E-state index in [2.05, 4.69) is 27.3 Å². The zero-order chi connectivity index (χ0) is 13.1. The van der Waals surface area contributed by atoms with Crippen LogP contribution in [0.25, 0.3) is 0 Å². The maximum atomic E-state index is 12.3. The molecule has 1 heterocycles. The van der Waals surface area contributed by atoms with E-state index in [-0.39, 0.29) is 18.4 Å². The Morgan fingerprint density at radius 3 is 3.06 bits per heavy atom.